The van der Waals surface area contributed by atoms with Crippen LogP contribution in [0.2, 0.25) is 5.02 Å². The van der Waals surface area contributed by atoms with E-state index in [0.717, 1.165) is 33.1 Å². The van der Waals surface area contributed by atoms with Gasteiger partial charge in [-0.05, 0) is 42.0 Å². The largest absolute Gasteiger partial charge is 0.496 e. The molecule has 4 rings (SSSR count). The van der Waals surface area contributed by atoms with Crippen LogP contribution in [0.1, 0.15) is 11.1 Å². The number of ether oxygens (including phenoxy) is 1. The number of halogens is 1. The number of hydrazone groups is 1. The number of nitrogens with zero attached hydrogens (tertiary/aromatic N) is 3. The van der Waals surface area contributed by atoms with Crippen LogP contribution in [0.5, 0.6) is 5.75 Å². The van der Waals surface area contributed by atoms with Crippen molar-refractivity contribution < 1.29 is 9.53 Å². The molecule has 0 aliphatic rings. The Hall–Kier alpha value is -3.55. The first-order chi connectivity index (χ1) is 16.7. The molecule has 1 heterocycles. The minimum absolute atomic E-state index is 0.180. The molecule has 0 aliphatic heterocycles. The number of imidazole rings is 1. The first-order valence-corrected chi connectivity index (χ1v) is 11.9. The summed E-state index contributed by atoms with van der Waals surface area (Å²) in [6.07, 6.45) is 5.14. The zero-order valence-corrected chi connectivity index (χ0v) is 20.1. The van der Waals surface area contributed by atoms with Crippen LogP contribution in [-0.2, 0) is 11.3 Å². The van der Waals surface area contributed by atoms with E-state index in [0.29, 0.717) is 11.6 Å². The van der Waals surface area contributed by atoms with E-state index in [2.05, 4.69) is 15.1 Å². The molecule has 6 nitrogen and oxygen atoms in total. The van der Waals surface area contributed by atoms with Gasteiger partial charge in [0.2, 0.25) is 0 Å². The van der Waals surface area contributed by atoms with E-state index in [4.69, 9.17) is 21.3 Å². The Morgan fingerprint density at radius 1 is 1.12 bits per heavy atom. The summed E-state index contributed by atoms with van der Waals surface area (Å²) in [6.45, 7) is 0.566. The zero-order chi connectivity index (χ0) is 23.8. The Morgan fingerprint density at radius 3 is 2.74 bits per heavy atom. The number of nitrogens with one attached hydrogen (secondary N) is 1. The third kappa shape index (κ3) is 5.87. The summed E-state index contributed by atoms with van der Waals surface area (Å²) < 4.78 is 7.38. The van der Waals surface area contributed by atoms with Crippen LogP contribution in [0, 0.1) is 0 Å². The fraction of sp³-hybridized carbons (Fsp3) is 0.115. The van der Waals surface area contributed by atoms with E-state index in [-0.39, 0.29) is 11.7 Å². The number of rotatable bonds is 9. The first-order valence-electron chi connectivity index (χ1n) is 10.6. The highest BCUT2D eigenvalue weighted by molar-refractivity contribution is 7.99. The van der Waals surface area contributed by atoms with Crippen LogP contribution < -0.4 is 10.2 Å². The molecule has 34 heavy (non-hydrogen) atoms. The van der Waals surface area contributed by atoms with Crippen molar-refractivity contribution in [3.8, 4) is 5.75 Å². The molecule has 1 amide bonds. The normalized spacial score (nSPS) is 11.5. The first kappa shape index (κ1) is 23.6. The molecule has 8 heteroatoms. The van der Waals surface area contributed by atoms with Gasteiger partial charge in [0.05, 0.1) is 30.4 Å². The molecule has 0 saturated carbocycles. The van der Waals surface area contributed by atoms with Crippen molar-refractivity contribution in [2.75, 3.05) is 12.9 Å². The predicted molar refractivity (Wildman–Crippen MR) is 140 cm³/mol. The number of amides is 1. The molecular weight excluding hydrogens is 468 g/mol. The van der Waals surface area contributed by atoms with E-state index in [1.807, 2.05) is 78.9 Å². The van der Waals surface area contributed by atoms with Crippen molar-refractivity contribution in [3.05, 3.63) is 95.0 Å². The molecule has 0 saturated heterocycles. The standard InChI is InChI=1S/C26H23ClN4O2S/c1-33-24-15-7-3-9-19(24)11-8-16-28-30-25(32)18-34-26-29-22-13-5-6-14-23(22)31(26)17-20-10-2-4-12-21(20)27/h2-16H,17-18H2,1H3,(H,30,32). The van der Waals surface area contributed by atoms with Gasteiger partial charge >= 0.3 is 0 Å². The molecular formula is C26H23ClN4O2S. The Balaban J connectivity index is 1.39. The van der Waals surface area contributed by atoms with Gasteiger partial charge in [-0.25, -0.2) is 10.4 Å². The van der Waals surface area contributed by atoms with Crippen LogP contribution in [0.4, 0.5) is 0 Å². The summed E-state index contributed by atoms with van der Waals surface area (Å²) in [5.74, 6) is 0.731. The number of benzene rings is 3. The maximum Gasteiger partial charge on any atom is 0.250 e. The lowest BCUT2D eigenvalue weighted by atomic mass is 10.2. The Kier molecular flexibility index (Phi) is 8.01. The molecule has 1 aromatic heterocycles. The van der Waals surface area contributed by atoms with E-state index in [1.165, 1.54) is 18.0 Å². The van der Waals surface area contributed by atoms with E-state index in [9.17, 15) is 4.79 Å². The molecule has 172 valence electrons. The number of aromatic nitrogens is 2. The smallest absolute Gasteiger partial charge is 0.250 e. The van der Waals surface area contributed by atoms with Gasteiger partial charge in [0, 0.05) is 16.8 Å². The molecule has 0 aliphatic carbocycles. The van der Waals surface area contributed by atoms with Crippen LogP contribution in [0.25, 0.3) is 17.1 Å². The van der Waals surface area contributed by atoms with Crippen LogP contribution >= 0.6 is 23.4 Å². The van der Waals surface area contributed by atoms with Gasteiger partial charge in [0.1, 0.15) is 5.75 Å². The van der Waals surface area contributed by atoms with Crippen LogP contribution in [-0.4, -0.2) is 34.5 Å². The summed E-state index contributed by atoms with van der Waals surface area (Å²) in [5, 5.41) is 5.43. The minimum atomic E-state index is -0.219. The highest BCUT2D eigenvalue weighted by atomic mass is 35.5. The van der Waals surface area contributed by atoms with Gasteiger partial charge in [-0.3, -0.25) is 4.79 Å². The second-order valence-electron chi connectivity index (χ2n) is 7.26. The number of carbonyl (C=O) groups excluding carboxylic acids is 1. The number of thioether (sulfide) groups is 1. The Labute approximate surface area is 207 Å². The lowest BCUT2D eigenvalue weighted by Crippen LogP contribution is -2.19. The molecule has 0 bridgehead atoms. The van der Waals surface area contributed by atoms with Crippen LogP contribution in [0.15, 0.2) is 89.1 Å². The van der Waals surface area contributed by atoms with Gasteiger partial charge in [-0.2, -0.15) is 5.10 Å². The number of fused-ring (bicyclic) bond motifs is 1. The topological polar surface area (TPSA) is 68.5 Å². The highest BCUT2D eigenvalue weighted by Crippen LogP contribution is 2.27. The van der Waals surface area contributed by atoms with Crippen molar-refractivity contribution in [2.24, 2.45) is 5.10 Å². The number of methoxy groups -OCH3 is 1. The molecule has 0 atom stereocenters. The molecule has 0 unspecified atom stereocenters. The van der Waals surface area contributed by atoms with Crippen molar-refractivity contribution in [2.45, 2.75) is 11.7 Å². The zero-order valence-electron chi connectivity index (χ0n) is 18.5. The second-order valence-corrected chi connectivity index (χ2v) is 8.61. The number of hydrogen-bond donors (Lipinski definition) is 1. The fourth-order valence-electron chi connectivity index (χ4n) is 3.38. The number of carbonyl (C=O) groups is 1. The van der Waals surface area contributed by atoms with Gasteiger partial charge in [0.25, 0.3) is 5.91 Å². The van der Waals surface area contributed by atoms with Gasteiger partial charge in [-0.1, -0.05) is 71.9 Å². The maximum absolute atomic E-state index is 12.3. The third-order valence-electron chi connectivity index (χ3n) is 5.00. The molecule has 4 aromatic rings. The number of hydrogen-bond acceptors (Lipinski definition) is 5. The highest BCUT2D eigenvalue weighted by Gasteiger charge is 2.14. The lowest BCUT2D eigenvalue weighted by molar-refractivity contribution is -0.118. The SMILES string of the molecule is COc1ccccc1C=CC=NNC(=O)CSc1nc2ccccc2n1Cc1ccccc1Cl. The van der Waals surface area contributed by atoms with Crippen molar-refractivity contribution in [1.82, 2.24) is 15.0 Å². The average Bonchev–Trinajstić information content (AvgIpc) is 3.21. The summed E-state index contributed by atoms with van der Waals surface area (Å²) in [6, 6.07) is 23.3. The van der Waals surface area contributed by atoms with Gasteiger partial charge in [0.15, 0.2) is 5.16 Å². The lowest BCUT2D eigenvalue weighted by Gasteiger charge is -2.10. The number of allylic oxidation sites excluding steroid dienone is 1. The molecule has 0 spiro atoms. The Bertz CT molecular complexity index is 1350. The monoisotopic (exact) mass is 490 g/mol. The van der Waals surface area contributed by atoms with Crippen molar-refractivity contribution >= 4 is 52.6 Å². The predicted octanol–water partition coefficient (Wildman–Crippen LogP) is 5.65. The van der Waals surface area contributed by atoms with E-state index in [1.54, 1.807) is 13.2 Å². The number of para-hydroxylation sites is 3. The van der Waals surface area contributed by atoms with Gasteiger partial charge in [-0.15, -0.1) is 0 Å². The van der Waals surface area contributed by atoms with Crippen LogP contribution in [0.3, 0.4) is 0 Å². The van der Waals surface area contributed by atoms with E-state index >= 15 is 0 Å². The summed E-state index contributed by atoms with van der Waals surface area (Å²) >= 11 is 7.74. The minimum Gasteiger partial charge on any atom is -0.496 e. The quantitative estimate of drug-likeness (QED) is 0.187. The second kappa shape index (κ2) is 11.5. The molecule has 0 radical (unpaired) electrons. The summed E-state index contributed by atoms with van der Waals surface area (Å²) in [4.78, 5) is 17.1. The molecule has 1 N–H and O–H groups in total. The van der Waals surface area contributed by atoms with E-state index < -0.39 is 0 Å². The maximum atomic E-state index is 12.3. The van der Waals surface area contributed by atoms with Gasteiger partial charge < -0.3 is 9.30 Å². The van der Waals surface area contributed by atoms with Crippen molar-refractivity contribution in [1.29, 1.82) is 0 Å². The molecule has 3 aromatic carbocycles. The average molecular weight is 491 g/mol. The van der Waals surface area contributed by atoms with Crippen molar-refractivity contribution in [3.63, 3.8) is 0 Å². The summed E-state index contributed by atoms with van der Waals surface area (Å²) in [7, 11) is 1.63. The fourth-order valence-corrected chi connectivity index (χ4v) is 4.38. The third-order valence-corrected chi connectivity index (χ3v) is 6.35. The Morgan fingerprint density at radius 2 is 1.88 bits per heavy atom. The molecule has 0 fully saturated rings. The summed E-state index contributed by atoms with van der Waals surface area (Å²) in [5.41, 5.74) is 6.33.